The molecule has 0 aromatic carbocycles. The molecule has 1 aliphatic carbocycles. The van der Waals surface area contributed by atoms with Gasteiger partial charge < -0.3 is 4.74 Å². The Balaban J connectivity index is 2.57. The second kappa shape index (κ2) is 5.47. The van der Waals surface area contributed by atoms with Gasteiger partial charge in [-0.25, -0.2) is 4.79 Å². The lowest BCUT2D eigenvalue weighted by Gasteiger charge is -2.29. The van der Waals surface area contributed by atoms with Crippen LogP contribution in [0.4, 0.5) is 18.0 Å². The van der Waals surface area contributed by atoms with Gasteiger partial charge in [-0.3, -0.25) is 10.1 Å². The first-order chi connectivity index (χ1) is 8.89. The maximum absolute atomic E-state index is 12.2. The number of hydrogen-bond acceptors (Lipinski definition) is 3. The van der Waals surface area contributed by atoms with Crippen LogP contribution >= 0.6 is 0 Å². The molecule has 0 saturated heterocycles. The number of halogens is 3. The van der Waals surface area contributed by atoms with Crippen molar-refractivity contribution in [3.8, 4) is 0 Å². The summed E-state index contributed by atoms with van der Waals surface area (Å²) in [5.74, 6) is 0. The van der Waals surface area contributed by atoms with Crippen LogP contribution in [0.25, 0.3) is 0 Å². The zero-order valence-corrected chi connectivity index (χ0v) is 11.8. The number of carbonyl (C=O) groups is 1. The zero-order chi connectivity index (χ0) is 15.6. The molecule has 0 aliphatic heterocycles. The molecule has 0 heterocycles. The Kier molecular flexibility index (Phi) is 4.53. The van der Waals surface area contributed by atoms with Crippen molar-refractivity contribution in [2.45, 2.75) is 51.7 Å². The fourth-order valence-electron chi connectivity index (χ4n) is 1.57. The predicted molar refractivity (Wildman–Crippen MR) is 66.8 cm³/mol. The van der Waals surface area contributed by atoms with Gasteiger partial charge in [0, 0.05) is 12.1 Å². The van der Waals surface area contributed by atoms with Gasteiger partial charge in [0.2, 0.25) is 0 Å². The summed E-state index contributed by atoms with van der Waals surface area (Å²) in [4.78, 5) is 11.5. The van der Waals surface area contributed by atoms with Crippen molar-refractivity contribution >= 4 is 6.09 Å². The fourth-order valence-corrected chi connectivity index (χ4v) is 1.57. The number of carbonyl (C=O) groups excluding carboxylic acids is 1. The molecule has 1 aliphatic rings. The maximum atomic E-state index is 12.2. The third-order valence-electron chi connectivity index (χ3n) is 2.34. The second-order valence-corrected chi connectivity index (χ2v) is 5.68. The van der Waals surface area contributed by atoms with Gasteiger partial charge in [0.15, 0.2) is 0 Å². The highest BCUT2D eigenvalue weighted by Crippen LogP contribution is 2.31. The molecule has 1 N–H and O–H groups in total. The molecule has 0 radical (unpaired) electrons. The minimum atomic E-state index is -4.71. The molecule has 0 aromatic heterocycles. The Labute approximate surface area is 115 Å². The SMILES string of the molecule is CC(C)(C)OC(=O)NC1=CCC(C)(OC(F)(F)F)C=C1. The minimum Gasteiger partial charge on any atom is -0.444 e. The summed E-state index contributed by atoms with van der Waals surface area (Å²) in [5, 5.41) is 2.45. The number of allylic oxidation sites excluding steroid dienone is 1. The van der Waals surface area contributed by atoms with Crippen LogP contribution in [0.2, 0.25) is 0 Å². The van der Waals surface area contributed by atoms with Crippen LogP contribution in [-0.2, 0) is 9.47 Å². The van der Waals surface area contributed by atoms with Gasteiger partial charge in [-0.2, -0.15) is 0 Å². The summed E-state index contributed by atoms with van der Waals surface area (Å²) in [6.07, 6.45) is -1.30. The highest BCUT2D eigenvalue weighted by molar-refractivity contribution is 5.70. The quantitative estimate of drug-likeness (QED) is 0.845. The van der Waals surface area contributed by atoms with E-state index < -0.39 is 23.7 Å². The lowest BCUT2D eigenvalue weighted by Crippen LogP contribution is -2.36. The summed E-state index contributed by atoms with van der Waals surface area (Å²) in [7, 11) is 0. The Morgan fingerprint density at radius 3 is 2.35 bits per heavy atom. The molecule has 7 heteroatoms. The van der Waals surface area contributed by atoms with Crippen molar-refractivity contribution in [1.29, 1.82) is 0 Å². The van der Waals surface area contributed by atoms with Crippen LogP contribution < -0.4 is 5.32 Å². The average molecular weight is 293 g/mol. The molecular formula is C13H18F3NO3. The first kappa shape index (κ1) is 16.6. The zero-order valence-electron chi connectivity index (χ0n) is 11.8. The summed E-state index contributed by atoms with van der Waals surface area (Å²) in [5.41, 5.74) is -1.73. The van der Waals surface area contributed by atoms with E-state index in [0.29, 0.717) is 5.70 Å². The van der Waals surface area contributed by atoms with Crippen LogP contribution in [0.3, 0.4) is 0 Å². The van der Waals surface area contributed by atoms with Gasteiger partial charge >= 0.3 is 12.5 Å². The first-order valence-corrected chi connectivity index (χ1v) is 6.05. The summed E-state index contributed by atoms with van der Waals surface area (Å²) in [6.45, 7) is 6.46. The van der Waals surface area contributed by atoms with Gasteiger partial charge in [-0.15, -0.1) is 13.2 Å². The normalized spacial score (nSPS) is 23.2. The van der Waals surface area contributed by atoms with Crippen molar-refractivity contribution < 1.29 is 27.4 Å². The first-order valence-electron chi connectivity index (χ1n) is 6.05. The Morgan fingerprint density at radius 2 is 1.95 bits per heavy atom. The standard InChI is InChI=1S/C13H18F3NO3/c1-11(2,3)19-10(18)17-9-5-7-12(4,8-6-9)20-13(14,15)16/h5-7H,8H2,1-4H3,(H,17,18). The molecule has 1 atom stereocenters. The third kappa shape index (κ3) is 6.10. The largest absolute Gasteiger partial charge is 0.523 e. The van der Waals surface area contributed by atoms with Crippen molar-refractivity contribution in [3.63, 3.8) is 0 Å². The Hall–Kier alpha value is -1.50. The smallest absolute Gasteiger partial charge is 0.444 e. The predicted octanol–water partition coefficient (Wildman–Crippen LogP) is 3.65. The molecule has 0 saturated carbocycles. The Morgan fingerprint density at radius 1 is 1.35 bits per heavy atom. The van der Waals surface area contributed by atoms with E-state index >= 15 is 0 Å². The number of amides is 1. The highest BCUT2D eigenvalue weighted by Gasteiger charge is 2.39. The lowest BCUT2D eigenvalue weighted by molar-refractivity contribution is -0.355. The second-order valence-electron chi connectivity index (χ2n) is 5.68. The molecule has 114 valence electrons. The Bertz CT molecular complexity index is 435. The number of ether oxygens (including phenoxy) is 2. The van der Waals surface area contributed by atoms with E-state index in [1.165, 1.54) is 25.2 Å². The third-order valence-corrected chi connectivity index (χ3v) is 2.34. The van der Waals surface area contributed by atoms with E-state index in [2.05, 4.69) is 10.1 Å². The molecule has 0 bridgehead atoms. The van der Waals surface area contributed by atoms with Crippen molar-refractivity contribution in [2.24, 2.45) is 0 Å². The van der Waals surface area contributed by atoms with E-state index in [1.807, 2.05) is 0 Å². The van der Waals surface area contributed by atoms with E-state index in [1.54, 1.807) is 20.8 Å². The topological polar surface area (TPSA) is 47.6 Å². The van der Waals surface area contributed by atoms with Gasteiger partial charge in [0.05, 0.1) is 5.60 Å². The summed E-state index contributed by atoms with van der Waals surface area (Å²) in [6, 6.07) is 0. The van der Waals surface area contributed by atoms with Gasteiger partial charge in [-0.1, -0.05) is 12.2 Å². The van der Waals surface area contributed by atoms with Crippen LogP contribution in [0.1, 0.15) is 34.1 Å². The van der Waals surface area contributed by atoms with E-state index in [-0.39, 0.29) is 6.42 Å². The van der Waals surface area contributed by atoms with Gasteiger partial charge in [-0.05, 0) is 33.8 Å². The highest BCUT2D eigenvalue weighted by atomic mass is 19.4. The van der Waals surface area contributed by atoms with Crippen LogP contribution in [0, 0.1) is 0 Å². The lowest BCUT2D eigenvalue weighted by atomic mass is 9.96. The number of hydrogen-bond donors (Lipinski definition) is 1. The number of alkyl carbamates (subject to hydrolysis) is 1. The number of nitrogens with one attached hydrogen (secondary N) is 1. The average Bonchev–Trinajstić information content (AvgIpc) is 2.16. The summed E-state index contributed by atoms with van der Waals surface area (Å²) >= 11 is 0. The van der Waals surface area contributed by atoms with Crippen LogP contribution in [0.5, 0.6) is 0 Å². The molecule has 1 amide bonds. The molecule has 0 spiro atoms. The van der Waals surface area contributed by atoms with Crippen molar-refractivity contribution in [1.82, 2.24) is 5.32 Å². The molecule has 0 aromatic rings. The molecule has 20 heavy (non-hydrogen) atoms. The fraction of sp³-hybridized carbons (Fsp3) is 0.615. The summed E-state index contributed by atoms with van der Waals surface area (Å²) < 4.78 is 45.7. The van der Waals surface area contributed by atoms with Crippen LogP contribution in [0.15, 0.2) is 23.9 Å². The minimum absolute atomic E-state index is 0.00581. The molecule has 1 unspecified atom stereocenters. The molecule has 0 fully saturated rings. The molecule has 4 nitrogen and oxygen atoms in total. The van der Waals surface area contributed by atoms with Crippen LogP contribution in [-0.4, -0.2) is 23.7 Å². The van der Waals surface area contributed by atoms with Crippen molar-refractivity contribution in [3.05, 3.63) is 23.9 Å². The van der Waals surface area contributed by atoms with Crippen molar-refractivity contribution in [2.75, 3.05) is 0 Å². The molecular weight excluding hydrogens is 275 g/mol. The molecule has 1 rings (SSSR count). The van der Waals surface area contributed by atoms with E-state index in [0.717, 1.165) is 0 Å². The van der Waals surface area contributed by atoms with E-state index in [4.69, 9.17) is 4.74 Å². The number of rotatable bonds is 2. The van der Waals surface area contributed by atoms with E-state index in [9.17, 15) is 18.0 Å². The van der Waals surface area contributed by atoms with Gasteiger partial charge in [0.25, 0.3) is 0 Å². The van der Waals surface area contributed by atoms with Gasteiger partial charge in [0.1, 0.15) is 5.60 Å². The maximum Gasteiger partial charge on any atom is 0.523 e. The number of alkyl halides is 3. The monoisotopic (exact) mass is 293 g/mol.